The molecule has 0 aromatic carbocycles. The van der Waals surface area contributed by atoms with Gasteiger partial charge in [-0.1, -0.05) is 6.42 Å². The van der Waals surface area contributed by atoms with Gasteiger partial charge in [0.2, 0.25) is 17.7 Å². The van der Waals surface area contributed by atoms with Gasteiger partial charge in [0.25, 0.3) is 0 Å². The van der Waals surface area contributed by atoms with Crippen molar-refractivity contribution in [2.75, 3.05) is 78.9 Å². The number of ether oxygens (including phenoxy) is 8. The zero-order valence-electron chi connectivity index (χ0n) is 36.7. The highest BCUT2D eigenvalue weighted by atomic mass is 16.7. The van der Waals surface area contributed by atoms with Gasteiger partial charge in [0, 0.05) is 51.7 Å². The summed E-state index contributed by atoms with van der Waals surface area (Å²) < 4.78 is 45.6. The highest BCUT2D eigenvalue weighted by molar-refractivity contribution is 5.84. The van der Waals surface area contributed by atoms with E-state index in [4.69, 9.17) is 37.9 Å². The van der Waals surface area contributed by atoms with Gasteiger partial charge in [-0.25, -0.2) is 0 Å². The van der Waals surface area contributed by atoms with E-state index in [1.54, 1.807) is 0 Å². The van der Waals surface area contributed by atoms with Crippen LogP contribution < -0.4 is 16.0 Å². The first-order chi connectivity index (χ1) is 31.1. The van der Waals surface area contributed by atoms with Crippen LogP contribution in [0.15, 0.2) is 0 Å². The van der Waals surface area contributed by atoms with Crippen molar-refractivity contribution in [2.24, 2.45) is 0 Å². The van der Waals surface area contributed by atoms with E-state index in [0.717, 1.165) is 6.42 Å². The molecule has 15 atom stereocenters. The molecule has 0 bridgehead atoms. The van der Waals surface area contributed by atoms with Crippen LogP contribution in [-0.2, 0) is 57.1 Å². The molecule has 12 N–H and O–H groups in total. The summed E-state index contributed by atoms with van der Waals surface area (Å²) in [5.41, 5.74) is 0. The molecule has 4 heterocycles. The van der Waals surface area contributed by atoms with Crippen LogP contribution in [0, 0.1) is 0 Å². The van der Waals surface area contributed by atoms with Crippen molar-refractivity contribution < 1.29 is 103 Å². The van der Waals surface area contributed by atoms with Crippen molar-refractivity contribution in [2.45, 2.75) is 151 Å². The summed E-state index contributed by atoms with van der Waals surface area (Å²) in [6.45, 7) is -0.863. The lowest BCUT2D eigenvalue weighted by Gasteiger charge is -2.41. The summed E-state index contributed by atoms with van der Waals surface area (Å²) >= 11 is 0. The van der Waals surface area contributed by atoms with Crippen LogP contribution in [0.2, 0.25) is 0 Å². The van der Waals surface area contributed by atoms with Crippen molar-refractivity contribution in [1.82, 2.24) is 20.9 Å². The minimum absolute atomic E-state index is 0.00102. The van der Waals surface area contributed by atoms with E-state index in [1.165, 1.54) is 11.8 Å². The summed E-state index contributed by atoms with van der Waals surface area (Å²) in [6.07, 6.45) is -14.7. The largest absolute Gasteiger partial charge is 0.394 e. The number of carbonyl (C=O) groups is 4. The number of Topliss-reactive ketones (excluding diaryl/α,β-unsaturated/α-hetero) is 1. The number of hydrogen-bond acceptors (Lipinski definition) is 22. The predicted molar refractivity (Wildman–Crippen MR) is 218 cm³/mol. The van der Waals surface area contributed by atoms with E-state index < -0.39 is 123 Å². The van der Waals surface area contributed by atoms with Crippen LogP contribution in [0.1, 0.15) is 58.3 Å². The topological polar surface area (TPSA) is 364 Å². The second kappa shape index (κ2) is 28.6. The quantitative estimate of drug-likeness (QED) is 0.0341. The second-order valence-electron chi connectivity index (χ2n) is 16.7. The lowest BCUT2D eigenvalue weighted by molar-refractivity contribution is -0.314. The molecule has 4 rings (SSSR count). The molecule has 4 aliphatic rings. The Morgan fingerprint density at radius 2 is 1.15 bits per heavy atom. The highest BCUT2D eigenvalue weighted by Crippen LogP contribution is 2.30. The minimum Gasteiger partial charge on any atom is -0.394 e. The number of aliphatic hydroxyl groups excluding tert-OH is 9. The van der Waals surface area contributed by atoms with Gasteiger partial charge in [-0.2, -0.15) is 0 Å². The lowest BCUT2D eigenvalue weighted by atomic mass is 10.0. The first-order valence-corrected chi connectivity index (χ1v) is 22.1. The molecule has 0 spiro atoms. The van der Waals surface area contributed by atoms with E-state index in [2.05, 4.69) is 16.0 Å². The molecule has 25 nitrogen and oxygen atoms in total. The third-order valence-electron chi connectivity index (χ3n) is 11.0. The van der Waals surface area contributed by atoms with E-state index in [-0.39, 0.29) is 90.6 Å². The average Bonchev–Trinajstić information content (AvgIpc) is 3.26. The summed E-state index contributed by atoms with van der Waals surface area (Å²) in [5, 5.41) is 98.3. The number of unbranched alkanes of at least 4 members (excludes halogenated alkanes) is 2. The Balaban J connectivity index is 1.29. The van der Waals surface area contributed by atoms with Crippen molar-refractivity contribution >= 4 is 23.5 Å². The molecule has 1 unspecified atom stereocenters. The Hall–Kier alpha value is -2.64. The summed E-state index contributed by atoms with van der Waals surface area (Å²) in [7, 11) is 0. The van der Waals surface area contributed by atoms with Crippen LogP contribution in [0.3, 0.4) is 0 Å². The Morgan fingerprint density at radius 3 is 1.75 bits per heavy atom. The van der Waals surface area contributed by atoms with Gasteiger partial charge in [0.05, 0.1) is 95.9 Å². The average molecular weight is 943 g/mol. The van der Waals surface area contributed by atoms with Crippen molar-refractivity contribution in [3.8, 4) is 0 Å². The molecule has 0 radical (unpaired) electrons. The molecule has 4 aliphatic heterocycles. The molecule has 376 valence electrons. The molecule has 0 saturated carbocycles. The standard InChI is InChI=1S/C40H70N4O21/c1-22(47)5-3-2-4-6-41-30(51)15-44(17-32(53)43-8-10-59-38-37(57)34(54)29(50)21-61-38)16-31(52)42-7-9-58-33-14-23(63-40-36(56)28(49)13-25(19-46)65-40)11-26(62-33)20-60-39-35(55)27(48)12-24(18-45)64-39/h23-29,33-40,45-46,48-50,54-57H,2-21H2,1H3,(H,41,51)(H,42,52)(H,43,53)/t23-,24-,25-,26-,27-,28-,29+,33+,34+,35-,36-,37-,38+,39-,40?/m0/s1. The van der Waals surface area contributed by atoms with Crippen molar-refractivity contribution in [1.29, 1.82) is 0 Å². The maximum atomic E-state index is 13.1. The Bertz CT molecular complexity index is 1440. The summed E-state index contributed by atoms with van der Waals surface area (Å²) in [4.78, 5) is 51.4. The number of rotatable bonds is 27. The monoisotopic (exact) mass is 942 g/mol. The fraction of sp³-hybridized carbons (Fsp3) is 0.900. The van der Waals surface area contributed by atoms with E-state index >= 15 is 0 Å². The minimum atomic E-state index is -1.51. The lowest BCUT2D eigenvalue weighted by Crippen LogP contribution is -2.54. The third-order valence-corrected chi connectivity index (χ3v) is 11.0. The zero-order valence-corrected chi connectivity index (χ0v) is 36.7. The fourth-order valence-electron chi connectivity index (χ4n) is 7.49. The molecule has 4 fully saturated rings. The van der Waals surface area contributed by atoms with Crippen molar-refractivity contribution in [3.05, 3.63) is 0 Å². The van der Waals surface area contributed by atoms with Gasteiger partial charge < -0.3 is 105 Å². The zero-order chi connectivity index (χ0) is 47.5. The van der Waals surface area contributed by atoms with Crippen LogP contribution in [0.4, 0.5) is 0 Å². The molecule has 65 heavy (non-hydrogen) atoms. The number of amides is 3. The molecular formula is C40H70N4O21. The van der Waals surface area contributed by atoms with Gasteiger partial charge in [-0.05, 0) is 19.8 Å². The van der Waals surface area contributed by atoms with Gasteiger partial charge in [-0.3, -0.25) is 19.3 Å². The Morgan fingerprint density at radius 1 is 0.585 bits per heavy atom. The van der Waals surface area contributed by atoms with E-state index in [0.29, 0.717) is 25.8 Å². The molecule has 4 saturated heterocycles. The molecule has 0 aromatic heterocycles. The maximum absolute atomic E-state index is 13.1. The Kier molecular flexibility index (Phi) is 24.2. The second-order valence-corrected chi connectivity index (χ2v) is 16.7. The molecule has 0 aliphatic carbocycles. The van der Waals surface area contributed by atoms with E-state index in [1.807, 2.05) is 0 Å². The number of hydrogen-bond donors (Lipinski definition) is 12. The predicted octanol–water partition coefficient (Wildman–Crippen LogP) is -6.18. The fourth-order valence-corrected chi connectivity index (χ4v) is 7.49. The SMILES string of the molecule is CC(=O)CCCCCNC(=O)CN(CC(=O)NCCO[C@H]1C[C@@H](OC2O[C@H](CO)C[C@H](O)[C@@H]2O)C[C@@H](CO[C@H]2O[C@H](CO)C[C@H](O)[C@@H]2O)O1)CC(=O)NCCO[C@@H]1OC[C@@H](O)[C@@H](O)[C@@H]1O. The first-order valence-electron chi connectivity index (χ1n) is 22.1. The first kappa shape index (κ1) is 55.0. The smallest absolute Gasteiger partial charge is 0.234 e. The van der Waals surface area contributed by atoms with Crippen molar-refractivity contribution in [3.63, 3.8) is 0 Å². The maximum Gasteiger partial charge on any atom is 0.234 e. The number of nitrogens with one attached hydrogen (secondary N) is 3. The normalized spacial score (nSPS) is 34.2. The summed E-state index contributed by atoms with van der Waals surface area (Å²) in [5.74, 6) is -1.49. The van der Waals surface area contributed by atoms with Crippen LogP contribution in [-0.4, -0.2) is 246 Å². The van der Waals surface area contributed by atoms with Gasteiger partial charge >= 0.3 is 0 Å². The van der Waals surface area contributed by atoms with E-state index in [9.17, 15) is 65.1 Å². The number of ketones is 1. The summed E-state index contributed by atoms with van der Waals surface area (Å²) in [6, 6.07) is 0. The van der Waals surface area contributed by atoms with Crippen LogP contribution >= 0.6 is 0 Å². The molecule has 25 heteroatoms. The van der Waals surface area contributed by atoms with Gasteiger partial charge in [0.1, 0.15) is 36.3 Å². The van der Waals surface area contributed by atoms with Gasteiger partial charge in [0.15, 0.2) is 25.2 Å². The molecule has 3 amide bonds. The number of aliphatic hydroxyl groups is 9. The van der Waals surface area contributed by atoms with Gasteiger partial charge in [-0.15, -0.1) is 0 Å². The number of nitrogens with zero attached hydrogens (tertiary/aromatic N) is 1. The third kappa shape index (κ3) is 19.1. The van der Waals surface area contributed by atoms with Crippen LogP contribution in [0.25, 0.3) is 0 Å². The Labute approximate surface area is 376 Å². The molecular weight excluding hydrogens is 872 g/mol. The van der Waals surface area contributed by atoms with Crippen LogP contribution in [0.5, 0.6) is 0 Å². The number of carbonyl (C=O) groups excluding carboxylic acids is 4. The molecule has 0 aromatic rings. The highest BCUT2D eigenvalue weighted by Gasteiger charge is 2.43.